The van der Waals surface area contributed by atoms with Gasteiger partial charge in [-0.05, 0) is 24.6 Å². The van der Waals surface area contributed by atoms with Gasteiger partial charge < -0.3 is 5.73 Å². The molecule has 0 spiro atoms. The van der Waals surface area contributed by atoms with Crippen LogP contribution in [-0.2, 0) is 0 Å². The van der Waals surface area contributed by atoms with Gasteiger partial charge in [0.15, 0.2) is 5.78 Å². The molecule has 0 fully saturated rings. The summed E-state index contributed by atoms with van der Waals surface area (Å²) in [5, 5.41) is 11.2. The zero-order valence-corrected chi connectivity index (χ0v) is 13.7. The van der Waals surface area contributed by atoms with Crippen molar-refractivity contribution in [1.82, 2.24) is 0 Å². The highest BCUT2D eigenvalue weighted by molar-refractivity contribution is 7.16. The number of nitrogens with zero attached hydrogens (tertiary/aromatic N) is 1. The molecule has 0 saturated heterocycles. The van der Waals surface area contributed by atoms with Crippen molar-refractivity contribution in [3.05, 3.63) is 80.7 Å². The van der Waals surface area contributed by atoms with E-state index in [-0.39, 0.29) is 11.5 Å². The van der Waals surface area contributed by atoms with Gasteiger partial charge in [0.2, 0.25) is 0 Å². The second kappa shape index (κ2) is 6.25. The number of anilines is 1. The van der Waals surface area contributed by atoms with E-state index in [9.17, 15) is 14.9 Å². The Labute approximate surface area is 142 Å². The van der Waals surface area contributed by atoms with E-state index in [4.69, 9.17) is 5.73 Å². The van der Waals surface area contributed by atoms with Crippen molar-refractivity contribution in [1.29, 1.82) is 0 Å². The standard InChI is InChI=1S/C18H14N2O3S/c1-11-15(12-5-3-2-4-6-12)16(18(19)24-11)17(21)13-7-9-14(10-8-13)20(22)23/h2-10H,19H2,1H3. The SMILES string of the molecule is Cc1sc(N)c(C(=O)c2ccc([N+](=O)[O-])cc2)c1-c1ccccc1. The number of benzene rings is 2. The molecule has 0 aliphatic carbocycles. The van der Waals surface area contributed by atoms with Crippen LogP contribution >= 0.6 is 11.3 Å². The molecule has 0 unspecified atom stereocenters. The molecule has 1 heterocycles. The maximum atomic E-state index is 12.9. The monoisotopic (exact) mass is 338 g/mol. The molecule has 2 aromatic carbocycles. The number of nitro benzene ring substituents is 1. The van der Waals surface area contributed by atoms with Crippen LogP contribution in [0.5, 0.6) is 0 Å². The number of hydrogen-bond donors (Lipinski definition) is 1. The molecule has 2 N–H and O–H groups in total. The topological polar surface area (TPSA) is 86.2 Å². The molecule has 3 aromatic rings. The van der Waals surface area contributed by atoms with Gasteiger partial charge in [0, 0.05) is 28.1 Å². The van der Waals surface area contributed by atoms with Gasteiger partial charge in [-0.3, -0.25) is 14.9 Å². The highest BCUT2D eigenvalue weighted by Crippen LogP contribution is 2.39. The number of nitrogen functional groups attached to an aromatic ring is 1. The predicted molar refractivity (Wildman–Crippen MR) is 95.4 cm³/mol. The third-order valence-corrected chi connectivity index (χ3v) is 4.68. The van der Waals surface area contributed by atoms with Crippen molar-refractivity contribution in [2.75, 3.05) is 5.73 Å². The van der Waals surface area contributed by atoms with E-state index < -0.39 is 4.92 Å². The first-order chi connectivity index (χ1) is 11.5. The van der Waals surface area contributed by atoms with Gasteiger partial charge in [-0.25, -0.2) is 0 Å². The molecule has 0 amide bonds. The van der Waals surface area contributed by atoms with Crippen molar-refractivity contribution in [3.63, 3.8) is 0 Å². The average Bonchev–Trinajstić information content (AvgIpc) is 2.89. The quantitative estimate of drug-likeness (QED) is 0.433. The third-order valence-electron chi connectivity index (χ3n) is 3.74. The first-order valence-electron chi connectivity index (χ1n) is 7.22. The van der Waals surface area contributed by atoms with E-state index in [1.165, 1.54) is 35.6 Å². The van der Waals surface area contributed by atoms with E-state index in [2.05, 4.69) is 0 Å². The molecule has 0 aliphatic rings. The summed E-state index contributed by atoms with van der Waals surface area (Å²) in [7, 11) is 0. The van der Waals surface area contributed by atoms with Crippen molar-refractivity contribution < 1.29 is 9.72 Å². The van der Waals surface area contributed by atoms with Gasteiger partial charge in [-0.2, -0.15) is 0 Å². The smallest absolute Gasteiger partial charge is 0.269 e. The third kappa shape index (κ3) is 2.79. The molecule has 1 aromatic heterocycles. The maximum Gasteiger partial charge on any atom is 0.269 e. The van der Waals surface area contributed by atoms with Crippen LogP contribution in [0.15, 0.2) is 54.6 Å². The molecule has 6 heteroatoms. The van der Waals surface area contributed by atoms with E-state index in [0.717, 1.165) is 16.0 Å². The Morgan fingerprint density at radius 2 is 1.71 bits per heavy atom. The number of carbonyl (C=O) groups is 1. The molecule has 0 saturated carbocycles. The molecular formula is C18H14N2O3S. The van der Waals surface area contributed by atoms with Crippen LogP contribution in [-0.4, -0.2) is 10.7 Å². The molecule has 5 nitrogen and oxygen atoms in total. The second-order valence-electron chi connectivity index (χ2n) is 5.27. The minimum Gasteiger partial charge on any atom is -0.390 e. The van der Waals surface area contributed by atoms with E-state index in [0.29, 0.717) is 16.1 Å². The van der Waals surface area contributed by atoms with Crippen LogP contribution in [0.2, 0.25) is 0 Å². The Bertz CT molecular complexity index is 915. The minimum absolute atomic E-state index is 0.0516. The van der Waals surface area contributed by atoms with Crippen LogP contribution in [0.4, 0.5) is 10.7 Å². The normalized spacial score (nSPS) is 10.5. The van der Waals surface area contributed by atoms with Gasteiger partial charge in [0.1, 0.15) is 0 Å². The molecule has 0 aliphatic heterocycles. The summed E-state index contributed by atoms with van der Waals surface area (Å²) in [6.07, 6.45) is 0. The highest BCUT2D eigenvalue weighted by atomic mass is 32.1. The van der Waals surface area contributed by atoms with Crippen LogP contribution < -0.4 is 5.73 Å². The number of ketones is 1. The summed E-state index contributed by atoms with van der Waals surface area (Å²) in [5.74, 6) is -0.231. The molecule has 0 atom stereocenters. The lowest BCUT2D eigenvalue weighted by Gasteiger charge is -2.07. The zero-order chi connectivity index (χ0) is 17.3. The number of thiophene rings is 1. The lowest BCUT2D eigenvalue weighted by molar-refractivity contribution is -0.384. The number of aryl methyl sites for hydroxylation is 1. The first-order valence-corrected chi connectivity index (χ1v) is 8.04. The Morgan fingerprint density at radius 1 is 1.08 bits per heavy atom. The van der Waals surface area contributed by atoms with Crippen LogP contribution in [0.1, 0.15) is 20.8 Å². The number of carbonyl (C=O) groups excluding carboxylic acids is 1. The fourth-order valence-electron chi connectivity index (χ4n) is 2.62. The summed E-state index contributed by atoms with van der Waals surface area (Å²) in [5.41, 5.74) is 8.61. The highest BCUT2D eigenvalue weighted by Gasteiger charge is 2.23. The van der Waals surface area contributed by atoms with Crippen LogP contribution in [0.3, 0.4) is 0 Å². The Hall–Kier alpha value is -2.99. The number of rotatable bonds is 4. The fraction of sp³-hybridized carbons (Fsp3) is 0.0556. The van der Waals surface area contributed by atoms with Gasteiger partial charge in [0.05, 0.1) is 15.5 Å². The van der Waals surface area contributed by atoms with Gasteiger partial charge in [-0.15, -0.1) is 11.3 Å². The lowest BCUT2D eigenvalue weighted by atomic mass is 9.95. The van der Waals surface area contributed by atoms with Crippen LogP contribution in [0, 0.1) is 17.0 Å². The summed E-state index contributed by atoms with van der Waals surface area (Å²) < 4.78 is 0. The fourth-order valence-corrected chi connectivity index (χ4v) is 3.57. The summed E-state index contributed by atoms with van der Waals surface area (Å²) in [6.45, 7) is 1.93. The Balaban J connectivity index is 2.09. The molecule has 120 valence electrons. The first kappa shape index (κ1) is 15.9. The number of nitrogens with two attached hydrogens (primary N) is 1. The minimum atomic E-state index is -0.493. The summed E-state index contributed by atoms with van der Waals surface area (Å²) >= 11 is 1.37. The zero-order valence-electron chi connectivity index (χ0n) is 12.9. The van der Waals surface area contributed by atoms with Crippen molar-refractivity contribution in [3.8, 4) is 11.1 Å². The number of hydrogen-bond acceptors (Lipinski definition) is 5. The predicted octanol–water partition coefficient (Wildman–Crippen LogP) is 4.44. The number of non-ortho nitro benzene ring substituents is 1. The summed E-state index contributed by atoms with van der Waals surface area (Å²) in [4.78, 5) is 24.1. The Kier molecular flexibility index (Phi) is 4.14. The molecule has 0 bridgehead atoms. The molecule has 3 rings (SSSR count). The average molecular weight is 338 g/mol. The number of nitro groups is 1. The van der Waals surface area contributed by atoms with Crippen molar-refractivity contribution in [2.45, 2.75) is 6.92 Å². The van der Waals surface area contributed by atoms with Crippen molar-refractivity contribution >= 4 is 27.8 Å². The van der Waals surface area contributed by atoms with Gasteiger partial charge in [-0.1, -0.05) is 30.3 Å². The van der Waals surface area contributed by atoms with Crippen molar-refractivity contribution in [2.24, 2.45) is 0 Å². The van der Waals surface area contributed by atoms with Gasteiger partial charge >= 0.3 is 0 Å². The molecular weight excluding hydrogens is 324 g/mol. The molecule has 0 radical (unpaired) electrons. The second-order valence-corrected chi connectivity index (χ2v) is 6.53. The van der Waals surface area contributed by atoms with E-state index >= 15 is 0 Å². The van der Waals surface area contributed by atoms with E-state index in [1.807, 2.05) is 37.3 Å². The lowest BCUT2D eigenvalue weighted by Crippen LogP contribution is -2.05. The summed E-state index contributed by atoms with van der Waals surface area (Å²) in [6, 6.07) is 15.2. The Morgan fingerprint density at radius 3 is 2.29 bits per heavy atom. The molecule has 24 heavy (non-hydrogen) atoms. The van der Waals surface area contributed by atoms with E-state index in [1.54, 1.807) is 0 Å². The van der Waals surface area contributed by atoms with Crippen LogP contribution in [0.25, 0.3) is 11.1 Å². The van der Waals surface area contributed by atoms with Gasteiger partial charge in [0.25, 0.3) is 5.69 Å². The largest absolute Gasteiger partial charge is 0.390 e. The maximum absolute atomic E-state index is 12.9.